The van der Waals surface area contributed by atoms with Crippen LogP contribution < -0.4 is 0 Å². The molecule has 0 aromatic heterocycles. The molecular weight excluding hydrogens is 524 g/mol. The summed E-state index contributed by atoms with van der Waals surface area (Å²) in [5, 5.41) is 10.5. The number of likely N-dealkylation sites (tertiary alicyclic amines) is 1. The number of carbonyl (C=O) groups is 3. The van der Waals surface area contributed by atoms with Gasteiger partial charge in [-0.1, -0.05) is 69.7 Å². The monoisotopic (exact) mass is 568 g/mol. The topological polar surface area (TPSA) is 87.1 Å². The Hall–Kier alpha value is -2.58. The highest BCUT2D eigenvalue weighted by Gasteiger charge is 2.77. The molecular formula is C32H44N2O5S. The number of esters is 1. The van der Waals surface area contributed by atoms with Crippen molar-refractivity contribution in [2.24, 2.45) is 23.7 Å². The first-order chi connectivity index (χ1) is 19.3. The summed E-state index contributed by atoms with van der Waals surface area (Å²) in [6, 6.07) is 8.47. The van der Waals surface area contributed by atoms with E-state index in [-0.39, 0.29) is 48.1 Å². The number of aliphatic hydroxyl groups is 1. The first-order valence-electron chi connectivity index (χ1n) is 14.6. The summed E-state index contributed by atoms with van der Waals surface area (Å²) in [5.74, 6) is -1.95. The lowest BCUT2D eigenvalue weighted by atomic mass is 9.66. The molecule has 40 heavy (non-hydrogen) atoms. The lowest BCUT2D eigenvalue weighted by Crippen LogP contribution is -2.60. The Morgan fingerprint density at radius 3 is 2.62 bits per heavy atom. The number of benzene rings is 1. The third-order valence-corrected chi connectivity index (χ3v) is 11.3. The maximum atomic E-state index is 14.7. The molecule has 7 nitrogen and oxygen atoms in total. The van der Waals surface area contributed by atoms with Crippen LogP contribution in [0.15, 0.2) is 55.6 Å². The zero-order chi connectivity index (χ0) is 29.0. The molecule has 1 aromatic carbocycles. The molecule has 3 aliphatic heterocycles. The summed E-state index contributed by atoms with van der Waals surface area (Å²) < 4.78 is 4.93. The molecule has 0 saturated carbocycles. The van der Waals surface area contributed by atoms with Crippen molar-refractivity contribution in [2.45, 2.75) is 75.1 Å². The van der Waals surface area contributed by atoms with Gasteiger partial charge in [-0.05, 0) is 36.7 Å². The smallest absolute Gasteiger partial charge is 0.310 e. The molecule has 3 aliphatic rings. The first-order valence-corrected chi connectivity index (χ1v) is 15.5. The number of hydrogen-bond acceptors (Lipinski definition) is 6. The van der Waals surface area contributed by atoms with Crippen molar-refractivity contribution in [3.8, 4) is 0 Å². The van der Waals surface area contributed by atoms with Crippen LogP contribution in [0.25, 0.3) is 0 Å². The minimum absolute atomic E-state index is 0.0248. The van der Waals surface area contributed by atoms with Crippen LogP contribution >= 0.6 is 11.8 Å². The first kappa shape index (κ1) is 30.4. The molecule has 2 amide bonds. The van der Waals surface area contributed by atoms with Crippen LogP contribution in [0.3, 0.4) is 0 Å². The van der Waals surface area contributed by atoms with Gasteiger partial charge in [-0.15, -0.1) is 24.9 Å². The molecule has 3 saturated heterocycles. The Kier molecular flexibility index (Phi) is 9.83. The number of hydrogen-bond donors (Lipinski definition) is 1. The van der Waals surface area contributed by atoms with Crippen molar-refractivity contribution in [3.05, 3.63) is 61.2 Å². The summed E-state index contributed by atoms with van der Waals surface area (Å²) >= 11 is 1.64. The third-order valence-electron chi connectivity index (χ3n) is 9.21. The van der Waals surface area contributed by atoms with E-state index in [4.69, 9.17) is 4.74 Å². The molecule has 1 spiro atoms. The lowest BCUT2D eigenvalue weighted by Gasteiger charge is -2.43. The number of rotatable bonds is 14. The minimum atomic E-state index is -0.789. The number of carbonyl (C=O) groups excluding carboxylic acids is 3. The van der Waals surface area contributed by atoms with E-state index < -0.39 is 28.7 Å². The highest BCUT2D eigenvalue weighted by atomic mass is 32.2. The molecule has 8 heteroatoms. The van der Waals surface area contributed by atoms with Crippen LogP contribution in [0, 0.1) is 23.7 Å². The molecule has 3 unspecified atom stereocenters. The molecule has 1 N–H and O–H groups in total. The van der Waals surface area contributed by atoms with Gasteiger partial charge in [0, 0.05) is 18.3 Å². The Labute approximate surface area is 243 Å². The fourth-order valence-corrected chi connectivity index (χ4v) is 9.43. The number of aliphatic hydroxyl groups excluding tert-OH is 1. The fraction of sp³-hybridized carbons (Fsp3) is 0.594. The van der Waals surface area contributed by atoms with E-state index in [2.05, 4.69) is 20.1 Å². The molecule has 218 valence electrons. The Morgan fingerprint density at radius 1 is 1.27 bits per heavy atom. The summed E-state index contributed by atoms with van der Waals surface area (Å²) in [7, 11) is 0. The molecule has 0 aliphatic carbocycles. The normalized spacial score (nSPS) is 30.1. The number of amides is 2. The highest BCUT2D eigenvalue weighted by molar-refractivity contribution is 8.02. The molecule has 3 fully saturated rings. The average molecular weight is 569 g/mol. The van der Waals surface area contributed by atoms with Gasteiger partial charge in [0.05, 0.1) is 35.8 Å². The second-order valence-electron chi connectivity index (χ2n) is 11.5. The number of nitrogens with zero attached hydrogens (tertiary/aromatic N) is 2. The van der Waals surface area contributed by atoms with Gasteiger partial charge in [-0.25, -0.2) is 0 Å². The highest BCUT2D eigenvalue weighted by Crippen LogP contribution is 2.69. The Bertz CT molecular complexity index is 1100. The van der Waals surface area contributed by atoms with E-state index in [1.807, 2.05) is 44.2 Å². The SMILES string of the molecule is C=CCCCOC(=O)[C@@H]1[C@H]2C(=O)N([C@@H](CO)[C@@H](C)CC)C(C(=O)N(CC=C)Cc3ccccc3)C23S[C@@H]1CC3C. The van der Waals surface area contributed by atoms with E-state index in [0.717, 1.165) is 24.8 Å². The zero-order valence-corrected chi connectivity index (χ0v) is 24.9. The van der Waals surface area contributed by atoms with Crippen molar-refractivity contribution >= 4 is 29.5 Å². The fourth-order valence-electron chi connectivity index (χ4n) is 7.04. The van der Waals surface area contributed by atoms with Crippen molar-refractivity contribution < 1.29 is 24.2 Å². The maximum Gasteiger partial charge on any atom is 0.310 e. The van der Waals surface area contributed by atoms with Gasteiger partial charge in [0.15, 0.2) is 0 Å². The number of fused-ring (bicyclic) bond motifs is 1. The van der Waals surface area contributed by atoms with Crippen LogP contribution in [0.4, 0.5) is 0 Å². The molecule has 1 aromatic rings. The number of thioether (sulfide) groups is 1. The quantitative estimate of drug-likeness (QED) is 0.203. The lowest BCUT2D eigenvalue weighted by molar-refractivity contribution is -0.155. The molecule has 0 radical (unpaired) electrons. The van der Waals surface area contributed by atoms with Gasteiger partial charge in [-0.3, -0.25) is 14.4 Å². The Balaban J connectivity index is 1.76. The van der Waals surface area contributed by atoms with Crippen LogP contribution in [0.2, 0.25) is 0 Å². The van der Waals surface area contributed by atoms with E-state index >= 15 is 0 Å². The maximum absolute atomic E-state index is 14.7. The van der Waals surface area contributed by atoms with Crippen LogP contribution in [-0.4, -0.2) is 74.5 Å². The summed E-state index contributed by atoms with van der Waals surface area (Å²) in [5.41, 5.74) is 0.987. The van der Waals surface area contributed by atoms with Gasteiger partial charge in [-0.2, -0.15) is 0 Å². The van der Waals surface area contributed by atoms with E-state index in [0.29, 0.717) is 19.5 Å². The number of unbranched alkanes of at least 4 members (excludes halogenated alkanes) is 1. The second-order valence-corrected chi connectivity index (χ2v) is 13.1. The van der Waals surface area contributed by atoms with Gasteiger partial charge in [0.25, 0.3) is 0 Å². The van der Waals surface area contributed by atoms with E-state index in [9.17, 15) is 19.5 Å². The van der Waals surface area contributed by atoms with Crippen molar-refractivity contribution in [1.29, 1.82) is 0 Å². The van der Waals surface area contributed by atoms with Gasteiger partial charge in [0.2, 0.25) is 11.8 Å². The zero-order valence-electron chi connectivity index (χ0n) is 24.0. The van der Waals surface area contributed by atoms with E-state index in [1.165, 1.54) is 0 Å². The number of allylic oxidation sites excluding steroid dienone is 1. The molecule has 8 atom stereocenters. The van der Waals surface area contributed by atoms with Gasteiger partial charge < -0.3 is 19.6 Å². The second kappa shape index (κ2) is 12.9. The third kappa shape index (κ3) is 5.25. The number of ether oxygens (including phenoxy) is 1. The van der Waals surface area contributed by atoms with Crippen LogP contribution in [0.5, 0.6) is 0 Å². The molecule has 3 heterocycles. The van der Waals surface area contributed by atoms with Gasteiger partial charge in [0.1, 0.15) is 6.04 Å². The molecule has 4 rings (SSSR count). The van der Waals surface area contributed by atoms with E-state index in [1.54, 1.807) is 33.7 Å². The largest absolute Gasteiger partial charge is 0.465 e. The van der Waals surface area contributed by atoms with Crippen molar-refractivity contribution in [2.75, 3.05) is 19.8 Å². The standard InChI is InChI=1S/C32H44N2O5S/c1-6-9-13-17-39-31(38)26-25-18-22(5)32(40-25)27(26)29(36)34(24(20-35)21(4)8-3)28(32)30(37)33(16-7-2)19-23-14-11-10-12-15-23/h6-7,10-12,14-15,21-22,24-28,35H,1-2,8-9,13,16-20H2,3-5H3/t21-,22?,24-,25+,26-,27-,28?,32?/m0/s1. The van der Waals surface area contributed by atoms with Crippen molar-refractivity contribution in [3.63, 3.8) is 0 Å². The van der Waals surface area contributed by atoms with Crippen LogP contribution in [0.1, 0.15) is 52.0 Å². The average Bonchev–Trinajstić information content (AvgIpc) is 3.55. The molecule has 2 bridgehead atoms. The van der Waals surface area contributed by atoms with Gasteiger partial charge >= 0.3 is 5.97 Å². The summed E-state index contributed by atoms with van der Waals surface area (Å²) in [6.45, 7) is 14.5. The minimum Gasteiger partial charge on any atom is -0.465 e. The predicted octanol–water partition coefficient (Wildman–Crippen LogP) is 4.45. The van der Waals surface area contributed by atoms with Crippen LogP contribution in [-0.2, 0) is 25.7 Å². The Morgan fingerprint density at radius 2 is 2.00 bits per heavy atom. The predicted molar refractivity (Wildman–Crippen MR) is 158 cm³/mol. The summed E-state index contributed by atoms with van der Waals surface area (Å²) in [6.07, 6.45) is 6.42. The summed E-state index contributed by atoms with van der Waals surface area (Å²) in [4.78, 5) is 46.1. The van der Waals surface area contributed by atoms with Crippen molar-refractivity contribution in [1.82, 2.24) is 9.80 Å².